The van der Waals surface area contributed by atoms with E-state index in [0.717, 1.165) is 33.0 Å². The lowest BCUT2D eigenvalue weighted by Crippen LogP contribution is -2.54. The molecule has 0 unspecified atom stereocenters. The third-order valence-corrected chi connectivity index (χ3v) is 9.76. The standard InChI is InChI=1S/C36H40ClN3O4S/c1-5-28(4)38-36(42)34(23-29-11-7-6-8-12-29)39(24-30-16-14-26(2)15-17-30)35(41)25-40(32-13-9-10-27(3)22-32)45(43,44)33-20-18-31(37)19-21-33/h6-22,28,34H,5,23-25H2,1-4H3,(H,38,42)/t28-,34+/m1/s1. The van der Waals surface area contributed by atoms with Crippen molar-refractivity contribution < 1.29 is 18.0 Å². The number of amides is 2. The minimum Gasteiger partial charge on any atom is -0.352 e. The van der Waals surface area contributed by atoms with Crippen LogP contribution < -0.4 is 9.62 Å². The molecule has 0 aliphatic rings. The molecule has 4 aromatic carbocycles. The van der Waals surface area contributed by atoms with E-state index < -0.39 is 28.5 Å². The lowest BCUT2D eigenvalue weighted by molar-refractivity contribution is -0.140. The van der Waals surface area contributed by atoms with Gasteiger partial charge in [0.1, 0.15) is 12.6 Å². The molecule has 0 fully saturated rings. The maximum absolute atomic E-state index is 14.5. The molecule has 0 aromatic heterocycles. The summed E-state index contributed by atoms with van der Waals surface area (Å²) >= 11 is 6.06. The van der Waals surface area contributed by atoms with Gasteiger partial charge in [0.05, 0.1) is 10.6 Å². The molecule has 7 nitrogen and oxygen atoms in total. The lowest BCUT2D eigenvalue weighted by Gasteiger charge is -2.34. The van der Waals surface area contributed by atoms with Crippen LogP contribution in [0.1, 0.15) is 42.5 Å². The van der Waals surface area contributed by atoms with Gasteiger partial charge in [-0.25, -0.2) is 8.42 Å². The van der Waals surface area contributed by atoms with Gasteiger partial charge < -0.3 is 10.2 Å². The van der Waals surface area contributed by atoms with E-state index in [1.807, 2.05) is 88.4 Å². The molecule has 1 N–H and O–H groups in total. The first-order valence-electron chi connectivity index (χ1n) is 15.0. The molecule has 0 heterocycles. The summed E-state index contributed by atoms with van der Waals surface area (Å²) in [7, 11) is -4.20. The highest BCUT2D eigenvalue weighted by Gasteiger charge is 2.35. The number of nitrogens with one attached hydrogen (secondary N) is 1. The molecule has 4 aromatic rings. The second-order valence-electron chi connectivity index (χ2n) is 11.3. The van der Waals surface area contributed by atoms with Crippen LogP contribution in [0.5, 0.6) is 0 Å². The molecule has 9 heteroatoms. The summed E-state index contributed by atoms with van der Waals surface area (Å²) in [6.07, 6.45) is 0.977. The highest BCUT2D eigenvalue weighted by molar-refractivity contribution is 7.92. The number of rotatable bonds is 13. The predicted octanol–water partition coefficient (Wildman–Crippen LogP) is 6.71. The van der Waals surface area contributed by atoms with Gasteiger partial charge in [0, 0.05) is 24.0 Å². The third-order valence-electron chi connectivity index (χ3n) is 7.72. The van der Waals surface area contributed by atoms with Crippen molar-refractivity contribution in [2.45, 2.75) is 64.1 Å². The van der Waals surface area contributed by atoms with E-state index in [1.165, 1.54) is 29.2 Å². The van der Waals surface area contributed by atoms with Gasteiger partial charge in [-0.15, -0.1) is 0 Å². The fraction of sp³-hybridized carbons (Fsp3) is 0.278. The molecular weight excluding hydrogens is 606 g/mol. The minimum absolute atomic E-state index is 0.00152. The van der Waals surface area contributed by atoms with E-state index >= 15 is 0 Å². The molecule has 0 saturated carbocycles. The van der Waals surface area contributed by atoms with E-state index in [-0.39, 0.29) is 29.8 Å². The van der Waals surface area contributed by atoms with Crippen LogP contribution in [0.15, 0.2) is 108 Å². The fourth-order valence-electron chi connectivity index (χ4n) is 4.93. The molecule has 0 saturated heterocycles. The van der Waals surface area contributed by atoms with Crippen molar-refractivity contribution in [3.8, 4) is 0 Å². The number of hydrogen-bond acceptors (Lipinski definition) is 4. The molecule has 0 aliphatic carbocycles. The van der Waals surface area contributed by atoms with Crippen LogP contribution in [0.2, 0.25) is 5.02 Å². The highest BCUT2D eigenvalue weighted by atomic mass is 35.5. The molecule has 0 aliphatic heterocycles. The van der Waals surface area contributed by atoms with Gasteiger partial charge in [0.2, 0.25) is 11.8 Å². The topological polar surface area (TPSA) is 86.8 Å². The Morgan fingerprint density at radius 2 is 1.49 bits per heavy atom. The molecule has 45 heavy (non-hydrogen) atoms. The number of carbonyl (C=O) groups is 2. The zero-order valence-electron chi connectivity index (χ0n) is 26.1. The Balaban J connectivity index is 1.80. The van der Waals surface area contributed by atoms with Crippen LogP contribution in [0.3, 0.4) is 0 Å². The summed E-state index contributed by atoms with van der Waals surface area (Å²) in [5.41, 5.74) is 3.95. The van der Waals surface area contributed by atoms with Gasteiger partial charge >= 0.3 is 0 Å². The maximum atomic E-state index is 14.5. The first kappa shape index (κ1) is 33.7. The van der Waals surface area contributed by atoms with Crippen molar-refractivity contribution in [1.29, 1.82) is 0 Å². The van der Waals surface area contributed by atoms with Crippen LogP contribution in [0.25, 0.3) is 0 Å². The number of sulfonamides is 1. The number of halogens is 1. The monoisotopic (exact) mass is 645 g/mol. The van der Waals surface area contributed by atoms with Gasteiger partial charge in [0.25, 0.3) is 10.0 Å². The Kier molecular flexibility index (Phi) is 11.4. The van der Waals surface area contributed by atoms with E-state index in [4.69, 9.17) is 11.6 Å². The average molecular weight is 646 g/mol. The van der Waals surface area contributed by atoms with Crippen LogP contribution >= 0.6 is 11.6 Å². The summed E-state index contributed by atoms with van der Waals surface area (Å²) in [5, 5.41) is 3.45. The largest absolute Gasteiger partial charge is 0.352 e. The quantitative estimate of drug-likeness (QED) is 0.175. The van der Waals surface area contributed by atoms with Gasteiger partial charge in [-0.3, -0.25) is 13.9 Å². The van der Waals surface area contributed by atoms with Gasteiger partial charge in [-0.1, -0.05) is 90.8 Å². The van der Waals surface area contributed by atoms with Crippen molar-refractivity contribution in [2.24, 2.45) is 0 Å². The SMILES string of the molecule is CC[C@@H](C)NC(=O)[C@H](Cc1ccccc1)N(Cc1ccc(C)cc1)C(=O)CN(c1cccc(C)c1)S(=O)(=O)c1ccc(Cl)cc1. The maximum Gasteiger partial charge on any atom is 0.264 e. The van der Waals surface area contributed by atoms with Crippen LogP contribution in [-0.2, 0) is 32.6 Å². The van der Waals surface area contributed by atoms with Crippen molar-refractivity contribution in [3.05, 3.63) is 130 Å². The van der Waals surface area contributed by atoms with Crippen molar-refractivity contribution in [2.75, 3.05) is 10.8 Å². The molecule has 2 amide bonds. The Morgan fingerprint density at radius 3 is 2.11 bits per heavy atom. The van der Waals surface area contributed by atoms with Crippen LogP contribution in [0.4, 0.5) is 5.69 Å². The molecule has 0 bridgehead atoms. The summed E-state index contributed by atoms with van der Waals surface area (Å²) < 4.78 is 29.4. The van der Waals surface area contributed by atoms with Gasteiger partial charge in [-0.05, 0) is 80.3 Å². The molecule has 0 radical (unpaired) electrons. The smallest absolute Gasteiger partial charge is 0.264 e. The second kappa shape index (κ2) is 15.2. The molecule has 236 valence electrons. The third kappa shape index (κ3) is 8.96. The van der Waals surface area contributed by atoms with E-state index in [9.17, 15) is 18.0 Å². The molecule has 4 rings (SSSR count). The van der Waals surface area contributed by atoms with Crippen LogP contribution in [-0.4, -0.2) is 43.8 Å². The molecule has 2 atom stereocenters. The van der Waals surface area contributed by atoms with Crippen molar-refractivity contribution in [3.63, 3.8) is 0 Å². The number of carbonyl (C=O) groups excluding carboxylic acids is 2. The second-order valence-corrected chi connectivity index (χ2v) is 13.6. The van der Waals surface area contributed by atoms with Gasteiger partial charge in [0.15, 0.2) is 0 Å². The lowest BCUT2D eigenvalue weighted by atomic mass is 10.0. The predicted molar refractivity (Wildman–Crippen MR) is 181 cm³/mol. The zero-order chi connectivity index (χ0) is 32.6. The first-order chi connectivity index (χ1) is 21.5. The van der Waals surface area contributed by atoms with E-state index in [2.05, 4.69) is 5.32 Å². The summed E-state index contributed by atoms with van der Waals surface area (Å²) in [6.45, 7) is 7.34. The number of hydrogen-bond donors (Lipinski definition) is 1. The number of benzene rings is 4. The Labute approximate surface area is 271 Å². The normalized spacial score (nSPS) is 12.6. The van der Waals surface area contributed by atoms with Crippen LogP contribution in [0, 0.1) is 13.8 Å². The summed E-state index contributed by atoms with van der Waals surface area (Å²) in [5.74, 6) is -0.800. The number of aryl methyl sites for hydroxylation is 2. The summed E-state index contributed by atoms with van der Waals surface area (Å²) in [4.78, 5) is 29.9. The first-order valence-corrected chi connectivity index (χ1v) is 16.8. The molecular formula is C36H40ClN3O4S. The minimum atomic E-state index is -4.20. The fourth-order valence-corrected chi connectivity index (χ4v) is 6.46. The van der Waals surface area contributed by atoms with Crippen molar-refractivity contribution >= 4 is 39.1 Å². The van der Waals surface area contributed by atoms with E-state index in [1.54, 1.807) is 18.2 Å². The average Bonchev–Trinajstić information content (AvgIpc) is 3.02. The number of nitrogens with zero attached hydrogens (tertiary/aromatic N) is 2. The Hall–Kier alpha value is -4.14. The molecule has 0 spiro atoms. The van der Waals surface area contributed by atoms with Crippen molar-refractivity contribution in [1.82, 2.24) is 10.2 Å². The van der Waals surface area contributed by atoms with E-state index in [0.29, 0.717) is 10.7 Å². The Bertz CT molecular complexity index is 1690. The zero-order valence-corrected chi connectivity index (χ0v) is 27.7. The Morgan fingerprint density at radius 1 is 0.822 bits per heavy atom. The highest BCUT2D eigenvalue weighted by Crippen LogP contribution is 2.27. The van der Waals surface area contributed by atoms with Gasteiger partial charge in [-0.2, -0.15) is 0 Å². The summed E-state index contributed by atoms with van der Waals surface area (Å²) in [6, 6.07) is 29.1. The number of anilines is 1.